The standard InChI is InChI=1S/C22H29N5O2S/c1-19-9-12-25(13-10-19)21-7-8-22(24-23-21)26-14-16-27(17-15-26)30(28,29)18-11-20-5-3-2-4-6-20/h2-8,11,18-19H,9-10,12-17H2,1H3/b18-11+. The lowest BCUT2D eigenvalue weighted by Crippen LogP contribution is -2.48. The Balaban J connectivity index is 1.33. The SMILES string of the molecule is CC1CCN(c2ccc(N3CCN(S(=O)(=O)/C=C/c4ccccc4)CC3)nn2)CC1. The van der Waals surface area contributed by atoms with Gasteiger partial charge in [-0.1, -0.05) is 37.3 Å². The van der Waals surface area contributed by atoms with E-state index in [-0.39, 0.29) is 0 Å². The number of rotatable bonds is 5. The van der Waals surface area contributed by atoms with Crippen LogP contribution in [0.1, 0.15) is 25.3 Å². The van der Waals surface area contributed by atoms with Crippen LogP contribution in [-0.4, -0.2) is 62.2 Å². The van der Waals surface area contributed by atoms with Crippen molar-refractivity contribution in [1.82, 2.24) is 14.5 Å². The maximum Gasteiger partial charge on any atom is 0.236 e. The van der Waals surface area contributed by atoms with E-state index in [9.17, 15) is 8.42 Å². The van der Waals surface area contributed by atoms with Gasteiger partial charge in [0.1, 0.15) is 0 Å². The van der Waals surface area contributed by atoms with Crippen molar-refractivity contribution in [2.45, 2.75) is 19.8 Å². The second-order valence-electron chi connectivity index (χ2n) is 8.06. The van der Waals surface area contributed by atoms with Crippen molar-refractivity contribution in [2.75, 3.05) is 49.1 Å². The number of nitrogens with zero attached hydrogens (tertiary/aromatic N) is 5. The molecule has 0 aliphatic carbocycles. The number of sulfonamides is 1. The average molecular weight is 428 g/mol. The van der Waals surface area contributed by atoms with Gasteiger partial charge < -0.3 is 9.80 Å². The summed E-state index contributed by atoms with van der Waals surface area (Å²) in [6, 6.07) is 13.5. The van der Waals surface area contributed by atoms with Crippen LogP contribution in [0.4, 0.5) is 11.6 Å². The van der Waals surface area contributed by atoms with Crippen molar-refractivity contribution in [3.8, 4) is 0 Å². The van der Waals surface area contributed by atoms with Crippen LogP contribution in [0.25, 0.3) is 6.08 Å². The van der Waals surface area contributed by atoms with E-state index in [1.165, 1.54) is 22.6 Å². The molecule has 30 heavy (non-hydrogen) atoms. The van der Waals surface area contributed by atoms with Gasteiger partial charge in [0.2, 0.25) is 10.0 Å². The minimum Gasteiger partial charge on any atom is -0.355 e. The largest absolute Gasteiger partial charge is 0.355 e. The Bertz CT molecular complexity index is 947. The Morgan fingerprint density at radius 2 is 1.40 bits per heavy atom. The minimum absolute atomic E-state index is 0.439. The lowest BCUT2D eigenvalue weighted by molar-refractivity contribution is 0.388. The van der Waals surface area contributed by atoms with Crippen LogP contribution in [0, 0.1) is 5.92 Å². The molecular weight excluding hydrogens is 398 g/mol. The van der Waals surface area contributed by atoms with E-state index in [2.05, 4.69) is 26.9 Å². The first-order valence-corrected chi connectivity index (χ1v) is 12.1. The molecule has 3 heterocycles. The molecule has 0 saturated carbocycles. The summed E-state index contributed by atoms with van der Waals surface area (Å²) in [4.78, 5) is 4.39. The number of piperidine rings is 1. The van der Waals surface area contributed by atoms with E-state index in [0.717, 1.165) is 36.2 Å². The smallest absolute Gasteiger partial charge is 0.236 e. The molecule has 2 fully saturated rings. The molecule has 2 aromatic rings. The molecule has 0 unspecified atom stereocenters. The molecule has 0 spiro atoms. The van der Waals surface area contributed by atoms with Crippen molar-refractivity contribution >= 4 is 27.7 Å². The van der Waals surface area contributed by atoms with E-state index in [4.69, 9.17) is 0 Å². The molecular formula is C22H29N5O2S. The van der Waals surface area contributed by atoms with Gasteiger partial charge in [-0.05, 0) is 42.5 Å². The Morgan fingerprint density at radius 3 is 1.97 bits per heavy atom. The predicted molar refractivity (Wildman–Crippen MR) is 121 cm³/mol. The Hall–Kier alpha value is -2.45. The van der Waals surface area contributed by atoms with Gasteiger partial charge in [0.25, 0.3) is 0 Å². The summed E-state index contributed by atoms with van der Waals surface area (Å²) in [6.45, 7) is 6.44. The lowest BCUT2D eigenvalue weighted by atomic mass is 9.99. The number of anilines is 2. The third kappa shape index (κ3) is 4.99. The van der Waals surface area contributed by atoms with Gasteiger partial charge >= 0.3 is 0 Å². The molecule has 0 amide bonds. The van der Waals surface area contributed by atoms with Gasteiger partial charge in [-0.15, -0.1) is 10.2 Å². The molecule has 1 aromatic carbocycles. The maximum absolute atomic E-state index is 12.6. The third-order valence-electron chi connectivity index (χ3n) is 5.90. The fraction of sp³-hybridized carbons (Fsp3) is 0.455. The summed E-state index contributed by atoms with van der Waals surface area (Å²) in [5, 5.41) is 10.1. The predicted octanol–water partition coefficient (Wildman–Crippen LogP) is 2.84. The first kappa shape index (κ1) is 20.8. The number of hydrogen-bond donors (Lipinski definition) is 0. The van der Waals surface area contributed by atoms with Crippen molar-refractivity contribution in [1.29, 1.82) is 0 Å². The summed E-state index contributed by atoms with van der Waals surface area (Å²) in [7, 11) is -3.43. The van der Waals surface area contributed by atoms with Gasteiger partial charge in [-0.3, -0.25) is 0 Å². The van der Waals surface area contributed by atoms with E-state index < -0.39 is 10.0 Å². The van der Waals surface area contributed by atoms with Gasteiger partial charge in [-0.2, -0.15) is 4.31 Å². The second kappa shape index (κ2) is 9.14. The highest BCUT2D eigenvalue weighted by Gasteiger charge is 2.26. The monoisotopic (exact) mass is 427 g/mol. The molecule has 0 bridgehead atoms. The van der Waals surface area contributed by atoms with Gasteiger partial charge in [0.05, 0.1) is 0 Å². The third-order valence-corrected chi connectivity index (χ3v) is 7.46. The van der Waals surface area contributed by atoms with Crippen molar-refractivity contribution < 1.29 is 8.42 Å². The van der Waals surface area contributed by atoms with Gasteiger partial charge in [0.15, 0.2) is 11.6 Å². The zero-order valence-electron chi connectivity index (χ0n) is 17.4. The summed E-state index contributed by atoms with van der Waals surface area (Å²) in [5.41, 5.74) is 0.873. The fourth-order valence-electron chi connectivity index (χ4n) is 3.88. The Kier molecular flexibility index (Phi) is 6.34. The normalized spacial score (nSPS) is 19.5. The number of aromatic nitrogens is 2. The van der Waals surface area contributed by atoms with Gasteiger partial charge in [-0.25, -0.2) is 8.42 Å². The number of hydrogen-bond acceptors (Lipinski definition) is 6. The summed E-state index contributed by atoms with van der Waals surface area (Å²) in [5.74, 6) is 2.52. The summed E-state index contributed by atoms with van der Waals surface area (Å²) in [6.07, 6.45) is 4.03. The molecule has 7 nitrogen and oxygen atoms in total. The van der Waals surface area contributed by atoms with E-state index in [1.54, 1.807) is 6.08 Å². The highest BCUT2D eigenvalue weighted by Crippen LogP contribution is 2.23. The lowest BCUT2D eigenvalue weighted by Gasteiger charge is -2.34. The average Bonchev–Trinajstić information content (AvgIpc) is 2.79. The quantitative estimate of drug-likeness (QED) is 0.731. The maximum atomic E-state index is 12.6. The van der Waals surface area contributed by atoms with Gasteiger partial charge in [0, 0.05) is 44.7 Å². The molecule has 8 heteroatoms. The van der Waals surface area contributed by atoms with Crippen molar-refractivity contribution in [3.05, 3.63) is 53.4 Å². The molecule has 2 aliphatic heterocycles. The molecule has 0 radical (unpaired) electrons. The second-order valence-corrected chi connectivity index (χ2v) is 9.88. The minimum atomic E-state index is -3.43. The first-order chi connectivity index (χ1) is 14.5. The molecule has 1 aromatic heterocycles. The molecule has 2 saturated heterocycles. The molecule has 160 valence electrons. The summed E-state index contributed by atoms with van der Waals surface area (Å²) < 4.78 is 26.8. The number of piperazine rings is 1. The molecule has 4 rings (SSSR count). The fourth-order valence-corrected chi connectivity index (χ4v) is 5.05. The van der Waals surface area contributed by atoms with E-state index in [1.807, 2.05) is 42.5 Å². The first-order valence-electron chi connectivity index (χ1n) is 10.6. The molecule has 0 N–H and O–H groups in total. The topological polar surface area (TPSA) is 69.6 Å². The summed E-state index contributed by atoms with van der Waals surface area (Å²) >= 11 is 0. The van der Waals surface area contributed by atoms with Crippen LogP contribution < -0.4 is 9.80 Å². The Morgan fingerprint density at radius 1 is 0.833 bits per heavy atom. The Labute approximate surface area is 179 Å². The van der Waals surface area contributed by atoms with Crippen LogP contribution in [0.5, 0.6) is 0 Å². The zero-order chi connectivity index (χ0) is 21.0. The molecule has 0 atom stereocenters. The number of benzene rings is 1. The highest BCUT2D eigenvalue weighted by molar-refractivity contribution is 7.92. The van der Waals surface area contributed by atoms with Crippen LogP contribution in [-0.2, 0) is 10.0 Å². The van der Waals surface area contributed by atoms with Crippen molar-refractivity contribution in [2.24, 2.45) is 5.92 Å². The zero-order valence-corrected chi connectivity index (χ0v) is 18.2. The van der Waals surface area contributed by atoms with Crippen LogP contribution >= 0.6 is 0 Å². The van der Waals surface area contributed by atoms with Crippen LogP contribution in [0.15, 0.2) is 47.9 Å². The highest BCUT2D eigenvalue weighted by atomic mass is 32.2. The van der Waals surface area contributed by atoms with Crippen LogP contribution in [0.3, 0.4) is 0 Å². The van der Waals surface area contributed by atoms with Crippen molar-refractivity contribution in [3.63, 3.8) is 0 Å². The van der Waals surface area contributed by atoms with E-state index >= 15 is 0 Å². The van der Waals surface area contributed by atoms with E-state index in [0.29, 0.717) is 26.2 Å². The molecule has 2 aliphatic rings. The van der Waals surface area contributed by atoms with Crippen LogP contribution in [0.2, 0.25) is 0 Å².